The smallest absolute Gasteiger partial charge is 0.0742 e. The summed E-state index contributed by atoms with van der Waals surface area (Å²) in [5.41, 5.74) is 5.65. The Kier molecular flexibility index (Phi) is 8.79. The number of nitrogens with two attached hydrogens (primary N) is 1. The third-order valence-electron chi connectivity index (χ3n) is 3.11. The van der Waals surface area contributed by atoms with Crippen LogP contribution in [0.25, 0.3) is 0 Å². The van der Waals surface area contributed by atoms with Crippen LogP contribution < -0.4 is 5.73 Å². The van der Waals surface area contributed by atoms with Crippen LogP contribution in [0.2, 0.25) is 0 Å². The van der Waals surface area contributed by atoms with E-state index in [0.717, 1.165) is 31.3 Å². The first-order valence-corrected chi connectivity index (χ1v) is 7.26. The number of hydrogen-bond acceptors (Lipinski definition) is 2. The maximum absolute atomic E-state index is 5.65. The summed E-state index contributed by atoms with van der Waals surface area (Å²) >= 11 is 5.01. The molecule has 0 rings (SSSR count). The average molecular weight is 258 g/mol. The van der Waals surface area contributed by atoms with Gasteiger partial charge in [-0.15, -0.1) is 0 Å². The van der Waals surface area contributed by atoms with Crippen LogP contribution in [0.3, 0.4) is 0 Å². The minimum atomic E-state index is 0.477. The molecule has 3 heteroatoms. The Labute approximate surface area is 113 Å². The van der Waals surface area contributed by atoms with Crippen molar-refractivity contribution in [2.24, 2.45) is 17.6 Å². The van der Waals surface area contributed by atoms with Crippen molar-refractivity contribution in [2.45, 2.75) is 59.9 Å². The lowest BCUT2D eigenvalue weighted by molar-refractivity contribution is 0.191. The van der Waals surface area contributed by atoms with Crippen molar-refractivity contribution in [3.05, 3.63) is 0 Å². The molecule has 2 N–H and O–H groups in total. The van der Waals surface area contributed by atoms with Crippen LogP contribution in [-0.4, -0.2) is 29.0 Å². The first-order valence-electron chi connectivity index (χ1n) is 6.85. The van der Waals surface area contributed by atoms with E-state index >= 15 is 0 Å². The van der Waals surface area contributed by atoms with Gasteiger partial charge in [0.2, 0.25) is 0 Å². The molecule has 0 saturated heterocycles. The zero-order valence-corrected chi connectivity index (χ0v) is 13.0. The minimum Gasteiger partial charge on any atom is -0.393 e. The van der Waals surface area contributed by atoms with Gasteiger partial charge in [-0.05, 0) is 44.7 Å². The van der Waals surface area contributed by atoms with Gasteiger partial charge in [0.25, 0.3) is 0 Å². The van der Waals surface area contributed by atoms with Crippen molar-refractivity contribution in [3.63, 3.8) is 0 Å². The number of nitrogens with zero attached hydrogens (tertiary/aromatic N) is 1. The van der Waals surface area contributed by atoms with Gasteiger partial charge in [-0.3, -0.25) is 0 Å². The summed E-state index contributed by atoms with van der Waals surface area (Å²) in [5.74, 6) is 1.52. The first kappa shape index (κ1) is 16.9. The predicted octanol–water partition coefficient (Wildman–Crippen LogP) is 3.45. The van der Waals surface area contributed by atoms with E-state index < -0.39 is 0 Å². The lowest BCUT2D eigenvalue weighted by Crippen LogP contribution is -2.38. The third-order valence-corrected chi connectivity index (χ3v) is 3.27. The van der Waals surface area contributed by atoms with E-state index in [4.69, 9.17) is 18.0 Å². The van der Waals surface area contributed by atoms with Crippen molar-refractivity contribution in [1.82, 2.24) is 4.90 Å². The summed E-state index contributed by atoms with van der Waals surface area (Å²) in [4.78, 5) is 3.18. The largest absolute Gasteiger partial charge is 0.393 e. The summed E-state index contributed by atoms with van der Waals surface area (Å²) in [5, 5.41) is 0. The maximum Gasteiger partial charge on any atom is 0.0742 e. The van der Waals surface area contributed by atoms with E-state index in [0.29, 0.717) is 11.0 Å². The molecule has 0 amide bonds. The van der Waals surface area contributed by atoms with E-state index in [1.54, 1.807) is 0 Å². The van der Waals surface area contributed by atoms with Crippen molar-refractivity contribution >= 4 is 17.2 Å². The molecule has 102 valence electrons. The number of thiocarbonyl (C=S) groups is 1. The molecule has 0 fully saturated rings. The monoisotopic (exact) mass is 258 g/mol. The molecule has 0 radical (unpaired) electrons. The molecule has 2 nitrogen and oxygen atoms in total. The second-order valence-corrected chi connectivity index (χ2v) is 6.44. The van der Waals surface area contributed by atoms with Gasteiger partial charge in [0.1, 0.15) is 0 Å². The Hall–Kier alpha value is -0.150. The molecule has 0 aromatic rings. The predicted molar refractivity (Wildman–Crippen MR) is 81.3 cm³/mol. The summed E-state index contributed by atoms with van der Waals surface area (Å²) in [6.07, 6.45) is 3.34. The van der Waals surface area contributed by atoms with Crippen molar-refractivity contribution in [1.29, 1.82) is 0 Å². The van der Waals surface area contributed by atoms with Gasteiger partial charge in [-0.2, -0.15) is 0 Å². The molecule has 0 bridgehead atoms. The van der Waals surface area contributed by atoms with Crippen LogP contribution in [0.5, 0.6) is 0 Å². The maximum atomic E-state index is 5.65. The normalized spacial score (nSPS) is 13.6. The van der Waals surface area contributed by atoms with Gasteiger partial charge in [-0.1, -0.05) is 39.9 Å². The van der Waals surface area contributed by atoms with Gasteiger partial charge >= 0.3 is 0 Å². The van der Waals surface area contributed by atoms with Gasteiger partial charge in [0, 0.05) is 12.5 Å². The zero-order chi connectivity index (χ0) is 13.4. The van der Waals surface area contributed by atoms with Gasteiger partial charge in [0.05, 0.1) is 4.99 Å². The highest BCUT2D eigenvalue weighted by molar-refractivity contribution is 7.80. The lowest BCUT2D eigenvalue weighted by atomic mass is 10.1. The molecule has 0 aliphatic carbocycles. The van der Waals surface area contributed by atoms with Gasteiger partial charge in [-0.25, -0.2) is 0 Å². The molecule has 0 aromatic heterocycles. The first-order chi connectivity index (χ1) is 7.82. The second kappa shape index (κ2) is 8.87. The molecule has 0 aliphatic heterocycles. The molecule has 1 unspecified atom stereocenters. The van der Waals surface area contributed by atoms with E-state index in [-0.39, 0.29) is 0 Å². The topological polar surface area (TPSA) is 29.3 Å². The molecule has 0 heterocycles. The summed E-state index contributed by atoms with van der Waals surface area (Å²) in [6.45, 7) is 13.7. The molecule has 0 spiro atoms. The van der Waals surface area contributed by atoms with E-state index in [2.05, 4.69) is 39.5 Å². The number of hydrogen-bond donors (Lipinski definition) is 1. The van der Waals surface area contributed by atoms with E-state index in [9.17, 15) is 0 Å². The highest BCUT2D eigenvalue weighted by atomic mass is 32.1. The Balaban J connectivity index is 4.21. The van der Waals surface area contributed by atoms with Gasteiger partial charge < -0.3 is 10.6 Å². The fourth-order valence-corrected chi connectivity index (χ4v) is 2.06. The van der Waals surface area contributed by atoms with Crippen molar-refractivity contribution in [2.75, 3.05) is 13.1 Å². The quantitative estimate of drug-likeness (QED) is 0.642. The Morgan fingerprint density at radius 3 is 1.71 bits per heavy atom. The molecular formula is C14H30N2S. The van der Waals surface area contributed by atoms with Crippen LogP contribution in [0.1, 0.15) is 53.9 Å². The van der Waals surface area contributed by atoms with E-state index in [1.807, 2.05) is 0 Å². The highest BCUT2D eigenvalue weighted by Gasteiger charge is 2.15. The Morgan fingerprint density at radius 1 is 1.00 bits per heavy atom. The van der Waals surface area contributed by atoms with E-state index in [1.165, 1.54) is 12.8 Å². The Bertz CT molecular complexity index is 202. The van der Waals surface area contributed by atoms with Gasteiger partial charge in [0.15, 0.2) is 0 Å². The molecule has 0 aliphatic rings. The highest BCUT2D eigenvalue weighted by Crippen LogP contribution is 2.11. The molecule has 0 aromatic carbocycles. The van der Waals surface area contributed by atoms with Crippen molar-refractivity contribution < 1.29 is 0 Å². The fraction of sp³-hybridized carbons (Fsp3) is 0.929. The average Bonchev–Trinajstić information content (AvgIpc) is 2.15. The molecule has 0 saturated carbocycles. The fourth-order valence-electron chi connectivity index (χ4n) is 1.82. The van der Waals surface area contributed by atoms with Crippen LogP contribution in [0.15, 0.2) is 0 Å². The third kappa shape index (κ3) is 9.54. The summed E-state index contributed by atoms with van der Waals surface area (Å²) < 4.78 is 0. The van der Waals surface area contributed by atoms with Crippen LogP contribution >= 0.6 is 12.2 Å². The molecule has 17 heavy (non-hydrogen) atoms. The molecular weight excluding hydrogens is 228 g/mol. The Morgan fingerprint density at radius 2 is 1.41 bits per heavy atom. The molecule has 1 atom stereocenters. The standard InChI is InChI=1S/C14H30N2S/c1-11(2)6-8-16(9-7-12(3)4)13(5)10-14(15)17/h11-13H,6-10H2,1-5H3,(H2,15,17). The number of rotatable bonds is 9. The van der Waals surface area contributed by atoms with Crippen LogP contribution in [-0.2, 0) is 0 Å². The van der Waals surface area contributed by atoms with Crippen molar-refractivity contribution in [3.8, 4) is 0 Å². The lowest BCUT2D eigenvalue weighted by Gasteiger charge is -2.30. The zero-order valence-electron chi connectivity index (χ0n) is 12.2. The second-order valence-electron chi connectivity index (χ2n) is 5.92. The van der Waals surface area contributed by atoms with Crippen LogP contribution in [0.4, 0.5) is 0 Å². The SMILES string of the molecule is CC(C)CCN(CCC(C)C)C(C)CC(N)=S. The minimum absolute atomic E-state index is 0.477. The summed E-state index contributed by atoms with van der Waals surface area (Å²) in [6, 6.07) is 0.477. The van der Waals surface area contributed by atoms with Crippen LogP contribution in [0, 0.1) is 11.8 Å². The summed E-state index contributed by atoms with van der Waals surface area (Å²) in [7, 11) is 0.